The first-order valence-corrected chi connectivity index (χ1v) is 9.78. The summed E-state index contributed by atoms with van der Waals surface area (Å²) in [5.74, 6) is 0. The first-order valence-electron chi connectivity index (χ1n) is 7.96. The highest BCUT2D eigenvalue weighted by molar-refractivity contribution is 7.89. The van der Waals surface area contributed by atoms with Crippen LogP contribution in [-0.4, -0.2) is 38.9 Å². The molecule has 6 heteroatoms. The normalized spacial score (nSPS) is 16.4. The van der Waals surface area contributed by atoms with Crippen molar-refractivity contribution in [3.05, 3.63) is 58.6 Å². The maximum Gasteiger partial charge on any atom is 0.244 e. The molecule has 0 aromatic heterocycles. The van der Waals surface area contributed by atoms with E-state index in [9.17, 15) is 8.42 Å². The van der Waals surface area contributed by atoms with Gasteiger partial charge in [0.25, 0.3) is 0 Å². The highest BCUT2D eigenvalue weighted by Gasteiger charge is 2.30. The lowest BCUT2D eigenvalue weighted by atomic mass is 10.1. The average molecular weight is 365 g/mol. The molecule has 0 amide bonds. The van der Waals surface area contributed by atoms with Gasteiger partial charge in [0.05, 0.1) is 5.02 Å². The van der Waals surface area contributed by atoms with Gasteiger partial charge in [-0.25, -0.2) is 8.42 Å². The Hall–Kier alpha value is -1.56. The van der Waals surface area contributed by atoms with Crippen LogP contribution in [0.25, 0.3) is 0 Å². The van der Waals surface area contributed by atoms with Gasteiger partial charge in [0.15, 0.2) is 0 Å². The summed E-state index contributed by atoms with van der Waals surface area (Å²) in [4.78, 5) is 2.41. The smallest absolute Gasteiger partial charge is 0.244 e. The number of anilines is 1. The van der Waals surface area contributed by atoms with Crippen molar-refractivity contribution in [1.82, 2.24) is 4.31 Å². The molecule has 0 atom stereocenters. The van der Waals surface area contributed by atoms with E-state index in [2.05, 4.69) is 36.9 Å². The molecule has 4 nitrogen and oxygen atoms in total. The lowest BCUT2D eigenvalue weighted by Crippen LogP contribution is -2.48. The van der Waals surface area contributed by atoms with E-state index in [4.69, 9.17) is 11.6 Å². The maximum absolute atomic E-state index is 12.8. The fourth-order valence-corrected chi connectivity index (χ4v) is 4.82. The number of sulfonamides is 1. The molecule has 2 aromatic rings. The summed E-state index contributed by atoms with van der Waals surface area (Å²) < 4.78 is 27.1. The van der Waals surface area contributed by atoms with Gasteiger partial charge in [-0.2, -0.15) is 4.31 Å². The van der Waals surface area contributed by atoms with Crippen molar-refractivity contribution in [2.24, 2.45) is 0 Å². The predicted molar refractivity (Wildman–Crippen MR) is 98.3 cm³/mol. The summed E-state index contributed by atoms with van der Waals surface area (Å²) in [6.45, 7) is 6.45. The van der Waals surface area contributed by atoms with E-state index >= 15 is 0 Å². The Morgan fingerprint density at radius 3 is 2.21 bits per heavy atom. The number of piperazine rings is 1. The van der Waals surface area contributed by atoms with Gasteiger partial charge in [-0.1, -0.05) is 29.8 Å². The average Bonchev–Trinajstić information content (AvgIpc) is 2.58. The van der Waals surface area contributed by atoms with Crippen LogP contribution in [0.15, 0.2) is 47.4 Å². The molecule has 3 rings (SSSR count). The zero-order valence-electron chi connectivity index (χ0n) is 13.9. The molecule has 2 aromatic carbocycles. The van der Waals surface area contributed by atoms with Crippen LogP contribution in [0.1, 0.15) is 11.1 Å². The standard InChI is InChI=1S/C18H21ClN2O2S/c1-14-7-8-16(13-15(14)2)20-9-11-21(12-10-20)24(22,23)18-6-4-3-5-17(18)19/h3-8,13H,9-12H2,1-2H3. The molecule has 1 heterocycles. The first-order chi connectivity index (χ1) is 11.4. The summed E-state index contributed by atoms with van der Waals surface area (Å²) >= 11 is 6.07. The Morgan fingerprint density at radius 2 is 1.58 bits per heavy atom. The van der Waals surface area contributed by atoms with Crippen molar-refractivity contribution < 1.29 is 8.42 Å². The van der Waals surface area contributed by atoms with Crippen molar-refractivity contribution in [3.8, 4) is 0 Å². The van der Waals surface area contributed by atoms with Crippen molar-refractivity contribution in [2.75, 3.05) is 31.1 Å². The monoisotopic (exact) mass is 364 g/mol. The van der Waals surface area contributed by atoms with Crippen LogP contribution in [0.3, 0.4) is 0 Å². The Morgan fingerprint density at radius 1 is 0.917 bits per heavy atom. The number of benzene rings is 2. The van der Waals surface area contributed by atoms with E-state index in [0.29, 0.717) is 26.2 Å². The van der Waals surface area contributed by atoms with Crippen molar-refractivity contribution in [1.29, 1.82) is 0 Å². The number of hydrogen-bond acceptors (Lipinski definition) is 3. The second-order valence-electron chi connectivity index (χ2n) is 6.09. The van der Waals surface area contributed by atoms with Gasteiger partial charge in [0.1, 0.15) is 4.90 Å². The molecule has 128 valence electrons. The number of rotatable bonds is 3. The second kappa shape index (κ2) is 6.75. The fourth-order valence-electron chi connectivity index (χ4n) is 2.90. The molecule has 0 saturated carbocycles. The van der Waals surface area contributed by atoms with E-state index < -0.39 is 10.0 Å². The number of halogens is 1. The van der Waals surface area contributed by atoms with Crippen LogP contribution >= 0.6 is 11.6 Å². The third-order valence-electron chi connectivity index (χ3n) is 4.55. The summed E-state index contributed by atoms with van der Waals surface area (Å²) in [5, 5.41) is 0.272. The first kappa shape index (κ1) is 17.3. The second-order valence-corrected chi connectivity index (χ2v) is 8.40. The Bertz CT molecular complexity index is 844. The molecule has 0 N–H and O–H groups in total. The summed E-state index contributed by atoms with van der Waals surface area (Å²) in [6, 6.07) is 13.0. The quantitative estimate of drug-likeness (QED) is 0.837. The van der Waals surface area contributed by atoms with Gasteiger partial charge in [0.2, 0.25) is 10.0 Å². The molecule has 24 heavy (non-hydrogen) atoms. The minimum Gasteiger partial charge on any atom is -0.369 e. The van der Waals surface area contributed by atoms with Crippen LogP contribution in [0.4, 0.5) is 5.69 Å². The molecule has 0 unspecified atom stereocenters. The van der Waals surface area contributed by atoms with Gasteiger partial charge in [0, 0.05) is 31.9 Å². The van der Waals surface area contributed by atoms with Gasteiger partial charge < -0.3 is 4.90 Å². The van der Waals surface area contributed by atoms with Crippen molar-refractivity contribution in [3.63, 3.8) is 0 Å². The molecular weight excluding hydrogens is 344 g/mol. The highest BCUT2D eigenvalue weighted by atomic mass is 35.5. The summed E-state index contributed by atoms with van der Waals surface area (Å²) in [7, 11) is -3.54. The van der Waals surface area contributed by atoms with Crippen molar-refractivity contribution in [2.45, 2.75) is 18.7 Å². The summed E-state index contributed by atoms with van der Waals surface area (Å²) in [5.41, 5.74) is 3.66. The fraction of sp³-hybridized carbons (Fsp3) is 0.333. The molecule has 1 fully saturated rings. The lowest BCUT2D eigenvalue weighted by Gasteiger charge is -2.35. The van der Waals surface area contributed by atoms with Crippen LogP contribution in [0.2, 0.25) is 5.02 Å². The van der Waals surface area contributed by atoms with Gasteiger partial charge >= 0.3 is 0 Å². The molecule has 0 bridgehead atoms. The SMILES string of the molecule is Cc1ccc(N2CCN(S(=O)(=O)c3ccccc3Cl)CC2)cc1C. The third kappa shape index (κ3) is 3.29. The Labute approximate surface area is 148 Å². The van der Waals surface area contributed by atoms with E-state index in [1.165, 1.54) is 15.4 Å². The lowest BCUT2D eigenvalue weighted by molar-refractivity contribution is 0.385. The number of nitrogens with zero attached hydrogens (tertiary/aromatic N) is 2. The Kier molecular flexibility index (Phi) is 4.85. The molecule has 1 aliphatic rings. The topological polar surface area (TPSA) is 40.6 Å². The Balaban J connectivity index is 1.75. The molecule has 0 aliphatic carbocycles. The van der Waals surface area contributed by atoms with Gasteiger partial charge in [-0.15, -0.1) is 0 Å². The predicted octanol–water partition coefficient (Wildman–Crippen LogP) is 3.47. The van der Waals surface area contributed by atoms with Crippen molar-refractivity contribution >= 4 is 27.3 Å². The number of hydrogen-bond donors (Lipinski definition) is 0. The minimum absolute atomic E-state index is 0.186. The largest absolute Gasteiger partial charge is 0.369 e. The minimum atomic E-state index is -3.54. The van der Waals surface area contributed by atoms with Crippen LogP contribution in [0.5, 0.6) is 0 Å². The summed E-state index contributed by atoms with van der Waals surface area (Å²) in [6.07, 6.45) is 0. The van der Waals surface area contributed by atoms with Gasteiger partial charge in [-0.05, 0) is 49.2 Å². The van der Waals surface area contributed by atoms with Crippen LogP contribution in [-0.2, 0) is 10.0 Å². The molecule has 0 radical (unpaired) electrons. The molecule has 0 spiro atoms. The van der Waals surface area contributed by atoms with E-state index in [0.717, 1.165) is 5.69 Å². The molecule has 1 saturated heterocycles. The van der Waals surface area contributed by atoms with Crippen LogP contribution < -0.4 is 4.90 Å². The third-order valence-corrected chi connectivity index (χ3v) is 6.95. The van der Waals surface area contributed by atoms with E-state index in [-0.39, 0.29) is 9.92 Å². The van der Waals surface area contributed by atoms with E-state index in [1.54, 1.807) is 24.3 Å². The molecule has 1 aliphatic heterocycles. The molecular formula is C18H21ClN2O2S. The van der Waals surface area contributed by atoms with Crippen LogP contribution in [0, 0.1) is 13.8 Å². The zero-order chi connectivity index (χ0) is 17.3. The number of aryl methyl sites for hydroxylation is 2. The van der Waals surface area contributed by atoms with Gasteiger partial charge in [-0.3, -0.25) is 0 Å². The highest BCUT2D eigenvalue weighted by Crippen LogP contribution is 2.26. The maximum atomic E-state index is 12.8. The van der Waals surface area contributed by atoms with E-state index in [1.807, 2.05) is 0 Å². The zero-order valence-corrected chi connectivity index (χ0v) is 15.4.